The molecule has 0 fully saturated rings. The van der Waals surface area contributed by atoms with Gasteiger partial charge in [-0.15, -0.1) is 0 Å². The molecule has 0 bridgehead atoms. The Hall–Kier alpha value is -1.62. The molecular formula is C9H12O5. The SMILES string of the molecule is COCOc1cc(O)c(OC)c(O)c1. The van der Waals surface area contributed by atoms with E-state index < -0.39 is 0 Å². The van der Waals surface area contributed by atoms with Gasteiger partial charge in [-0.25, -0.2) is 0 Å². The first-order valence-electron chi connectivity index (χ1n) is 3.90. The second kappa shape index (κ2) is 4.57. The molecule has 0 aromatic heterocycles. The van der Waals surface area contributed by atoms with Crippen LogP contribution in [0.5, 0.6) is 23.0 Å². The number of benzene rings is 1. The van der Waals surface area contributed by atoms with Crippen molar-refractivity contribution in [2.24, 2.45) is 0 Å². The van der Waals surface area contributed by atoms with Crippen LogP contribution in [0.25, 0.3) is 0 Å². The van der Waals surface area contributed by atoms with E-state index in [2.05, 4.69) is 4.74 Å². The summed E-state index contributed by atoms with van der Waals surface area (Å²) in [6, 6.07) is 2.66. The average molecular weight is 200 g/mol. The fraction of sp³-hybridized carbons (Fsp3) is 0.333. The predicted molar refractivity (Wildman–Crippen MR) is 48.8 cm³/mol. The quantitative estimate of drug-likeness (QED) is 0.712. The maximum Gasteiger partial charge on any atom is 0.203 e. The number of phenols is 2. The van der Waals surface area contributed by atoms with Crippen LogP contribution in [0.4, 0.5) is 0 Å². The Balaban J connectivity index is 2.90. The summed E-state index contributed by atoms with van der Waals surface area (Å²) in [5.41, 5.74) is 0. The van der Waals surface area contributed by atoms with Crippen LogP contribution in [0.3, 0.4) is 0 Å². The number of aromatic hydroxyl groups is 2. The van der Waals surface area contributed by atoms with Crippen LogP contribution in [0.1, 0.15) is 0 Å². The predicted octanol–water partition coefficient (Wildman–Crippen LogP) is 1.09. The largest absolute Gasteiger partial charge is 0.504 e. The van der Waals surface area contributed by atoms with Crippen molar-refractivity contribution in [3.05, 3.63) is 12.1 Å². The first-order chi connectivity index (χ1) is 6.69. The molecule has 5 heteroatoms. The molecule has 2 N–H and O–H groups in total. The second-order valence-corrected chi connectivity index (χ2v) is 2.55. The highest BCUT2D eigenvalue weighted by Gasteiger charge is 2.10. The molecule has 1 aromatic carbocycles. The number of phenolic OH excluding ortho intramolecular Hbond substituents is 2. The first-order valence-corrected chi connectivity index (χ1v) is 3.90. The number of methoxy groups -OCH3 is 2. The van der Waals surface area contributed by atoms with Crippen LogP contribution in [0.15, 0.2) is 12.1 Å². The van der Waals surface area contributed by atoms with Gasteiger partial charge in [0.1, 0.15) is 5.75 Å². The third kappa shape index (κ3) is 2.20. The van der Waals surface area contributed by atoms with Gasteiger partial charge in [-0.05, 0) is 0 Å². The van der Waals surface area contributed by atoms with Gasteiger partial charge in [-0.3, -0.25) is 0 Å². The smallest absolute Gasteiger partial charge is 0.203 e. The van der Waals surface area contributed by atoms with Gasteiger partial charge in [-0.1, -0.05) is 0 Å². The molecule has 0 saturated heterocycles. The van der Waals surface area contributed by atoms with Crippen LogP contribution < -0.4 is 9.47 Å². The summed E-state index contributed by atoms with van der Waals surface area (Å²) >= 11 is 0. The van der Waals surface area contributed by atoms with Crippen LogP contribution in [-0.4, -0.2) is 31.2 Å². The van der Waals surface area contributed by atoms with E-state index in [-0.39, 0.29) is 24.0 Å². The molecule has 14 heavy (non-hydrogen) atoms. The van der Waals surface area contributed by atoms with Gasteiger partial charge in [0.05, 0.1) is 7.11 Å². The first kappa shape index (κ1) is 10.5. The van der Waals surface area contributed by atoms with Crippen molar-refractivity contribution in [2.45, 2.75) is 0 Å². The van der Waals surface area contributed by atoms with E-state index >= 15 is 0 Å². The minimum absolute atomic E-state index is 0.0229. The Kier molecular flexibility index (Phi) is 3.41. The van der Waals surface area contributed by atoms with Gasteiger partial charge >= 0.3 is 0 Å². The standard InChI is InChI=1S/C9H12O5/c1-12-5-14-6-3-7(10)9(13-2)8(11)4-6/h3-4,10-11H,5H2,1-2H3. The van der Waals surface area contributed by atoms with E-state index in [4.69, 9.17) is 9.47 Å². The Bertz CT molecular complexity index is 287. The summed E-state index contributed by atoms with van der Waals surface area (Å²) in [5, 5.41) is 18.7. The third-order valence-corrected chi connectivity index (χ3v) is 1.57. The van der Waals surface area contributed by atoms with Crippen LogP contribution in [0, 0.1) is 0 Å². The molecule has 1 rings (SSSR count). The molecule has 0 atom stereocenters. The molecule has 0 amide bonds. The summed E-state index contributed by atoms with van der Waals surface area (Å²) in [6.45, 7) is 0.0468. The van der Waals surface area contributed by atoms with Gasteiger partial charge in [0.15, 0.2) is 18.3 Å². The summed E-state index contributed by atoms with van der Waals surface area (Å²) in [6.07, 6.45) is 0. The molecule has 0 aliphatic heterocycles. The molecule has 5 nitrogen and oxygen atoms in total. The van der Waals surface area contributed by atoms with Crippen molar-refractivity contribution in [2.75, 3.05) is 21.0 Å². The maximum absolute atomic E-state index is 9.37. The molecule has 0 aliphatic carbocycles. The van der Waals surface area contributed by atoms with Crippen molar-refractivity contribution >= 4 is 0 Å². The Morgan fingerprint density at radius 1 is 1.14 bits per heavy atom. The van der Waals surface area contributed by atoms with E-state index in [1.807, 2.05) is 0 Å². The van der Waals surface area contributed by atoms with E-state index in [1.165, 1.54) is 26.4 Å². The highest BCUT2D eigenvalue weighted by atomic mass is 16.7. The molecule has 78 valence electrons. The Morgan fingerprint density at radius 3 is 2.14 bits per heavy atom. The molecule has 0 spiro atoms. The summed E-state index contributed by atoms with van der Waals surface area (Å²) in [4.78, 5) is 0. The van der Waals surface area contributed by atoms with Crippen LogP contribution in [-0.2, 0) is 4.74 Å². The molecular weight excluding hydrogens is 188 g/mol. The second-order valence-electron chi connectivity index (χ2n) is 2.55. The summed E-state index contributed by atoms with van der Waals surface area (Å²) < 4.78 is 14.4. The van der Waals surface area contributed by atoms with Crippen molar-refractivity contribution in [1.82, 2.24) is 0 Å². The Morgan fingerprint density at radius 2 is 1.71 bits per heavy atom. The highest BCUT2D eigenvalue weighted by molar-refractivity contribution is 5.54. The van der Waals surface area contributed by atoms with Crippen molar-refractivity contribution in [1.29, 1.82) is 0 Å². The van der Waals surface area contributed by atoms with Crippen molar-refractivity contribution < 1.29 is 24.4 Å². The minimum atomic E-state index is -0.182. The van der Waals surface area contributed by atoms with Crippen molar-refractivity contribution in [3.8, 4) is 23.0 Å². The van der Waals surface area contributed by atoms with Gasteiger partial charge in [-0.2, -0.15) is 0 Å². The summed E-state index contributed by atoms with van der Waals surface area (Å²) in [5.74, 6) is -0.0328. The number of hydrogen-bond acceptors (Lipinski definition) is 5. The number of ether oxygens (including phenoxy) is 3. The molecule has 0 unspecified atom stereocenters. The number of rotatable bonds is 4. The van der Waals surface area contributed by atoms with E-state index in [9.17, 15) is 10.2 Å². The topological polar surface area (TPSA) is 68.2 Å². The van der Waals surface area contributed by atoms with Crippen LogP contribution in [0.2, 0.25) is 0 Å². The lowest BCUT2D eigenvalue weighted by Gasteiger charge is -2.09. The third-order valence-electron chi connectivity index (χ3n) is 1.57. The molecule has 0 heterocycles. The Labute approximate surface area is 81.5 Å². The van der Waals surface area contributed by atoms with Crippen LogP contribution >= 0.6 is 0 Å². The van der Waals surface area contributed by atoms with E-state index in [0.717, 1.165) is 0 Å². The average Bonchev–Trinajstić information content (AvgIpc) is 2.14. The lowest BCUT2D eigenvalue weighted by atomic mass is 10.3. The molecule has 0 saturated carbocycles. The minimum Gasteiger partial charge on any atom is -0.504 e. The zero-order valence-corrected chi connectivity index (χ0v) is 7.98. The van der Waals surface area contributed by atoms with Gasteiger partial charge in [0.25, 0.3) is 0 Å². The molecule has 0 radical (unpaired) electrons. The van der Waals surface area contributed by atoms with Gasteiger partial charge < -0.3 is 24.4 Å². The number of hydrogen-bond donors (Lipinski definition) is 2. The summed E-state index contributed by atoms with van der Waals surface area (Å²) in [7, 11) is 2.83. The fourth-order valence-electron chi connectivity index (χ4n) is 0.993. The van der Waals surface area contributed by atoms with Gasteiger partial charge in [0, 0.05) is 19.2 Å². The monoisotopic (exact) mass is 200 g/mol. The lowest BCUT2D eigenvalue weighted by Crippen LogP contribution is -1.98. The normalized spacial score (nSPS) is 9.86. The fourth-order valence-corrected chi connectivity index (χ4v) is 0.993. The zero-order chi connectivity index (χ0) is 10.6. The zero-order valence-electron chi connectivity index (χ0n) is 7.98. The maximum atomic E-state index is 9.37. The van der Waals surface area contributed by atoms with Crippen molar-refractivity contribution in [3.63, 3.8) is 0 Å². The van der Waals surface area contributed by atoms with E-state index in [1.54, 1.807) is 0 Å². The van der Waals surface area contributed by atoms with Gasteiger partial charge in [0.2, 0.25) is 5.75 Å². The highest BCUT2D eigenvalue weighted by Crippen LogP contribution is 2.39. The van der Waals surface area contributed by atoms with E-state index in [0.29, 0.717) is 5.75 Å². The molecule has 1 aromatic rings. The lowest BCUT2D eigenvalue weighted by molar-refractivity contribution is 0.0508. The molecule has 0 aliphatic rings.